The van der Waals surface area contributed by atoms with Gasteiger partial charge in [-0.25, -0.2) is 9.18 Å². The van der Waals surface area contributed by atoms with Crippen molar-refractivity contribution in [3.63, 3.8) is 0 Å². The standard InChI is InChI=1S/C20H24FN3O/c21-17-9-6-15(7-10-17)12-16-8-11-19(22-13-16)14-23-20(25)24-18-4-2-1-3-5-18/h1-7,9-10,16,19,22H,8,11-14H2,(H2,23,24,25)/t16-,19+/m1/s1. The SMILES string of the molecule is O=C(NC[C@@H]1CC[C@H](Cc2ccc(F)cc2)CN1)Nc1ccccc1. The second-order valence-electron chi connectivity index (χ2n) is 6.58. The molecule has 2 aromatic carbocycles. The molecule has 1 aliphatic heterocycles. The van der Waals surface area contributed by atoms with E-state index in [9.17, 15) is 9.18 Å². The van der Waals surface area contributed by atoms with Crippen LogP contribution in [0.1, 0.15) is 18.4 Å². The van der Waals surface area contributed by atoms with Crippen molar-refractivity contribution in [3.8, 4) is 0 Å². The van der Waals surface area contributed by atoms with Crippen LogP contribution in [0.25, 0.3) is 0 Å². The normalized spacial score (nSPS) is 20.0. The molecular weight excluding hydrogens is 317 g/mol. The van der Waals surface area contributed by atoms with Gasteiger partial charge in [-0.1, -0.05) is 30.3 Å². The van der Waals surface area contributed by atoms with Gasteiger partial charge < -0.3 is 16.0 Å². The molecule has 1 fully saturated rings. The quantitative estimate of drug-likeness (QED) is 0.779. The van der Waals surface area contributed by atoms with Crippen LogP contribution in [0.15, 0.2) is 54.6 Å². The molecule has 0 aromatic heterocycles. The first-order valence-corrected chi connectivity index (χ1v) is 8.77. The molecule has 0 aliphatic carbocycles. The third-order valence-electron chi connectivity index (χ3n) is 4.60. The minimum absolute atomic E-state index is 0.179. The summed E-state index contributed by atoms with van der Waals surface area (Å²) in [7, 11) is 0. The number of piperidine rings is 1. The Hall–Kier alpha value is -2.40. The molecule has 3 N–H and O–H groups in total. The Bertz CT molecular complexity index is 667. The molecule has 4 nitrogen and oxygen atoms in total. The van der Waals surface area contributed by atoms with Gasteiger partial charge in [0.05, 0.1) is 0 Å². The number of carbonyl (C=O) groups is 1. The predicted octanol–water partition coefficient (Wildman–Crippen LogP) is 3.56. The van der Waals surface area contributed by atoms with Crippen molar-refractivity contribution >= 4 is 11.7 Å². The van der Waals surface area contributed by atoms with Crippen molar-refractivity contribution in [2.75, 3.05) is 18.4 Å². The van der Waals surface area contributed by atoms with E-state index in [1.54, 1.807) is 0 Å². The summed E-state index contributed by atoms with van der Waals surface area (Å²) in [4.78, 5) is 11.9. The van der Waals surface area contributed by atoms with Gasteiger partial charge in [-0.3, -0.25) is 0 Å². The van der Waals surface area contributed by atoms with Gasteiger partial charge in [-0.05, 0) is 61.6 Å². The van der Waals surface area contributed by atoms with Crippen molar-refractivity contribution in [1.82, 2.24) is 10.6 Å². The Kier molecular flexibility index (Phi) is 6.01. The van der Waals surface area contributed by atoms with E-state index in [0.29, 0.717) is 18.5 Å². The minimum Gasteiger partial charge on any atom is -0.336 e. The number of carbonyl (C=O) groups excluding carboxylic acids is 1. The Morgan fingerprint density at radius 2 is 1.84 bits per heavy atom. The Morgan fingerprint density at radius 1 is 1.08 bits per heavy atom. The van der Waals surface area contributed by atoms with Gasteiger partial charge in [0, 0.05) is 18.3 Å². The number of para-hydroxylation sites is 1. The number of anilines is 1. The molecule has 0 bridgehead atoms. The molecule has 2 atom stereocenters. The molecule has 132 valence electrons. The van der Waals surface area contributed by atoms with Crippen molar-refractivity contribution in [3.05, 3.63) is 66.0 Å². The molecule has 25 heavy (non-hydrogen) atoms. The van der Waals surface area contributed by atoms with Crippen molar-refractivity contribution in [2.45, 2.75) is 25.3 Å². The summed E-state index contributed by atoms with van der Waals surface area (Å²) in [5.41, 5.74) is 1.96. The van der Waals surface area contributed by atoms with E-state index in [2.05, 4.69) is 16.0 Å². The average Bonchev–Trinajstić information content (AvgIpc) is 2.64. The Labute approximate surface area is 147 Å². The third-order valence-corrected chi connectivity index (χ3v) is 4.60. The molecule has 1 saturated heterocycles. The summed E-state index contributed by atoms with van der Waals surface area (Å²) in [6.45, 7) is 1.53. The molecule has 1 aliphatic rings. The highest BCUT2D eigenvalue weighted by molar-refractivity contribution is 5.89. The highest BCUT2D eigenvalue weighted by Crippen LogP contribution is 2.19. The lowest BCUT2D eigenvalue weighted by atomic mass is 9.89. The predicted molar refractivity (Wildman–Crippen MR) is 98.1 cm³/mol. The number of halogens is 1. The van der Waals surface area contributed by atoms with E-state index in [1.165, 1.54) is 17.7 Å². The second kappa shape index (κ2) is 8.62. The van der Waals surface area contributed by atoms with Crippen LogP contribution in [0.5, 0.6) is 0 Å². The number of urea groups is 1. The van der Waals surface area contributed by atoms with Crippen molar-refractivity contribution in [1.29, 1.82) is 0 Å². The first-order valence-electron chi connectivity index (χ1n) is 8.77. The molecule has 1 heterocycles. The monoisotopic (exact) mass is 341 g/mol. The summed E-state index contributed by atoms with van der Waals surface area (Å²) < 4.78 is 13.0. The fraction of sp³-hybridized carbons (Fsp3) is 0.350. The van der Waals surface area contributed by atoms with E-state index in [0.717, 1.165) is 31.5 Å². The van der Waals surface area contributed by atoms with Gasteiger partial charge in [0.2, 0.25) is 0 Å². The molecule has 0 unspecified atom stereocenters. The lowest BCUT2D eigenvalue weighted by molar-refractivity contribution is 0.247. The maximum absolute atomic E-state index is 13.0. The number of hydrogen-bond acceptors (Lipinski definition) is 2. The van der Waals surface area contributed by atoms with Gasteiger partial charge in [0.15, 0.2) is 0 Å². The lowest BCUT2D eigenvalue weighted by Crippen LogP contribution is -2.47. The number of benzene rings is 2. The number of hydrogen-bond donors (Lipinski definition) is 3. The molecule has 2 aromatic rings. The zero-order chi connectivity index (χ0) is 17.5. The summed E-state index contributed by atoms with van der Waals surface area (Å²) >= 11 is 0. The van der Waals surface area contributed by atoms with E-state index in [4.69, 9.17) is 0 Å². The van der Waals surface area contributed by atoms with Gasteiger partial charge in [-0.15, -0.1) is 0 Å². The maximum Gasteiger partial charge on any atom is 0.319 e. The molecule has 0 saturated carbocycles. The van der Waals surface area contributed by atoms with Gasteiger partial charge in [0.1, 0.15) is 5.82 Å². The van der Waals surface area contributed by atoms with Crippen LogP contribution in [0.4, 0.5) is 14.9 Å². The largest absolute Gasteiger partial charge is 0.336 e. The zero-order valence-corrected chi connectivity index (χ0v) is 14.2. The fourth-order valence-corrected chi connectivity index (χ4v) is 3.19. The zero-order valence-electron chi connectivity index (χ0n) is 14.2. The van der Waals surface area contributed by atoms with E-state index in [1.807, 2.05) is 42.5 Å². The van der Waals surface area contributed by atoms with Crippen molar-refractivity contribution in [2.24, 2.45) is 5.92 Å². The second-order valence-corrected chi connectivity index (χ2v) is 6.58. The molecule has 0 radical (unpaired) electrons. The van der Waals surface area contributed by atoms with Gasteiger partial charge in [-0.2, -0.15) is 0 Å². The first kappa shape index (κ1) is 17.4. The smallest absolute Gasteiger partial charge is 0.319 e. The summed E-state index contributed by atoms with van der Waals surface area (Å²) in [5, 5.41) is 9.24. The Balaban J connectivity index is 1.36. The fourth-order valence-electron chi connectivity index (χ4n) is 3.19. The number of amides is 2. The highest BCUT2D eigenvalue weighted by Gasteiger charge is 2.21. The van der Waals surface area contributed by atoms with Crippen LogP contribution < -0.4 is 16.0 Å². The van der Waals surface area contributed by atoms with Crippen LogP contribution in [0.2, 0.25) is 0 Å². The van der Waals surface area contributed by atoms with E-state index >= 15 is 0 Å². The lowest BCUT2D eigenvalue weighted by Gasteiger charge is -2.30. The highest BCUT2D eigenvalue weighted by atomic mass is 19.1. The molecular formula is C20H24FN3O. The summed E-state index contributed by atoms with van der Waals surface area (Å²) in [6.07, 6.45) is 3.09. The molecule has 3 rings (SSSR count). The Morgan fingerprint density at radius 3 is 2.52 bits per heavy atom. The molecule has 2 amide bonds. The topological polar surface area (TPSA) is 53.2 Å². The number of rotatable bonds is 5. The van der Waals surface area contributed by atoms with Gasteiger partial charge >= 0.3 is 6.03 Å². The van der Waals surface area contributed by atoms with E-state index < -0.39 is 0 Å². The minimum atomic E-state index is -0.189. The van der Waals surface area contributed by atoms with Crippen LogP contribution in [0.3, 0.4) is 0 Å². The van der Waals surface area contributed by atoms with E-state index in [-0.39, 0.29) is 11.8 Å². The van der Waals surface area contributed by atoms with Crippen molar-refractivity contribution < 1.29 is 9.18 Å². The molecule has 0 spiro atoms. The van der Waals surface area contributed by atoms with Gasteiger partial charge in [0.25, 0.3) is 0 Å². The summed E-state index contributed by atoms with van der Waals surface area (Å²) in [6, 6.07) is 16.3. The maximum atomic E-state index is 13.0. The third kappa shape index (κ3) is 5.57. The number of nitrogens with one attached hydrogen (secondary N) is 3. The van der Waals surface area contributed by atoms with Crippen LogP contribution in [0, 0.1) is 11.7 Å². The molecule has 5 heteroatoms. The van der Waals surface area contributed by atoms with Crippen LogP contribution in [-0.4, -0.2) is 25.2 Å². The first-order chi connectivity index (χ1) is 12.2. The summed E-state index contributed by atoms with van der Waals surface area (Å²) in [5.74, 6) is 0.366. The van der Waals surface area contributed by atoms with Crippen LogP contribution in [-0.2, 0) is 6.42 Å². The average molecular weight is 341 g/mol. The van der Waals surface area contributed by atoms with Crippen LogP contribution >= 0.6 is 0 Å².